The van der Waals surface area contributed by atoms with Crippen LogP contribution in [0.3, 0.4) is 0 Å². The van der Waals surface area contributed by atoms with Gasteiger partial charge in [-0.3, -0.25) is 0 Å². The minimum absolute atomic E-state index is 0.266. The number of hydrogen-bond acceptors (Lipinski definition) is 0. The molecule has 0 aliphatic heterocycles. The molecule has 0 bridgehead atoms. The molecule has 0 saturated heterocycles. The molecule has 2 heteroatoms. The van der Waals surface area contributed by atoms with Crippen LogP contribution in [0.1, 0.15) is 0 Å². The highest BCUT2D eigenvalue weighted by Crippen LogP contribution is 2.01. The fraction of sp³-hybridized carbons (Fsp3) is 0. The smallest absolute Gasteiger partial charge is 0.0814 e. The Labute approximate surface area is 156 Å². The number of rotatable bonds is 5. The summed E-state index contributed by atoms with van der Waals surface area (Å²) < 4.78 is 0. The molecule has 0 amide bonds. The maximum absolute atomic E-state index is 2.25. The van der Waals surface area contributed by atoms with Gasteiger partial charge in [-0.2, -0.15) is 0 Å². The first-order valence-corrected chi connectivity index (χ1v) is 9.13. The molecule has 4 aromatic carbocycles. The van der Waals surface area contributed by atoms with E-state index in [1.54, 1.807) is 0 Å². The fourth-order valence-electron chi connectivity index (χ4n) is 3.80. The molecule has 4 rings (SSSR count). The van der Waals surface area contributed by atoms with Crippen LogP contribution in [0.2, 0.25) is 0 Å². The Bertz CT molecular complexity index is 763. The highest BCUT2D eigenvalue weighted by Gasteiger charge is 2.34. The van der Waals surface area contributed by atoms with Crippen LogP contribution >= 0.6 is 0 Å². The second-order valence-corrected chi connectivity index (χ2v) is 6.60. The summed E-state index contributed by atoms with van der Waals surface area (Å²) in [6, 6.07) is 43.4. The van der Waals surface area contributed by atoms with Gasteiger partial charge in [0, 0.05) is 0 Å². The molecule has 0 aliphatic carbocycles. The van der Waals surface area contributed by atoms with Gasteiger partial charge in [-0.25, -0.2) is 0 Å². The summed E-state index contributed by atoms with van der Waals surface area (Å²) >= 11 is 0. The first-order valence-electron chi connectivity index (χ1n) is 9.13. The van der Waals surface area contributed by atoms with Crippen molar-refractivity contribution in [2.24, 2.45) is 0 Å². The monoisotopic (exact) mass is 330 g/mol. The molecule has 0 saturated carbocycles. The van der Waals surface area contributed by atoms with E-state index in [1.165, 1.54) is 21.9 Å². The van der Waals surface area contributed by atoms with Crippen LogP contribution in [-0.2, 0) is 0 Å². The lowest BCUT2D eigenvalue weighted by Gasteiger charge is -2.24. The van der Waals surface area contributed by atoms with Gasteiger partial charge in [0.1, 0.15) is 0 Å². The normalized spacial score (nSPS) is 10.3. The second-order valence-electron chi connectivity index (χ2n) is 6.60. The standard InChI is InChI=1S/C24H20B2/c1-5-13-21(14-6-1)25(22-15-7-2-8-16-22)26(23-17-9-3-10-18-23)24-19-11-4-12-20-24/h1-20H. The Hall–Kier alpha value is -2.99. The topological polar surface area (TPSA) is 0 Å². The maximum atomic E-state index is 2.25. The Morgan fingerprint density at radius 1 is 0.269 bits per heavy atom. The zero-order valence-electron chi connectivity index (χ0n) is 14.7. The predicted octanol–water partition coefficient (Wildman–Crippen LogP) is 2.68. The van der Waals surface area contributed by atoms with Crippen LogP contribution in [0.5, 0.6) is 0 Å². The van der Waals surface area contributed by atoms with Crippen molar-refractivity contribution in [1.82, 2.24) is 0 Å². The van der Waals surface area contributed by atoms with Gasteiger partial charge in [0.15, 0.2) is 13.2 Å². The van der Waals surface area contributed by atoms with Crippen molar-refractivity contribution in [2.75, 3.05) is 0 Å². The molecule has 122 valence electrons. The molecule has 0 radical (unpaired) electrons. The van der Waals surface area contributed by atoms with E-state index < -0.39 is 0 Å². The summed E-state index contributed by atoms with van der Waals surface area (Å²) in [5.41, 5.74) is 5.38. The highest BCUT2D eigenvalue weighted by molar-refractivity contribution is 7.42. The highest BCUT2D eigenvalue weighted by atomic mass is 13.9. The average Bonchev–Trinajstić information content (AvgIpc) is 2.74. The van der Waals surface area contributed by atoms with Gasteiger partial charge >= 0.3 is 0 Å². The van der Waals surface area contributed by atoms with Gasteiger partial charge in [-0.15, -0.1) is 0 Å². The molecule has 0 heterocycles. The average molecular weight is 330 g/mol. The van der Waals surface area contributed by atoms with Crippen LogP contribution in [0, 0.1) is 0 Å². The summed E-state index contributed by atoms with van der Waals surface area (Å²) in [6.07, 6.45) is 0. The van der Waals surface area contributed by atoms with Crippen molar-refractivity contribution in [2.45, 2.75) is 0 Å². The molecular weight excluding hydrogens is 310 g/mol. The molecule has 26 heavy (non-hydrogen) atoms. The SMILES string of the molecule is c1ccc(B(B(c2ccccc2)c2ccccc2)c2ccccc2)cc1. The minimum Gasteiger partial charge on any atom is -0.0814 e. The van der Waals surface area contributed by atoms with E-state index in [1.807, 2.05) is 0 Å². The first kappa shape index (κ1) is 16.5. The van der Waals surface area contributed by atoms with Crippen molar-refractivity contribution in [3.63, 3.8) is 0 Å². The Morgan fingerprint density at radius 3 is 0.654 bits per heavy atom. The van der Waals surface area contributed by atoms with Crippen LogP contribution in [0.4, 0.5) is 0 Å². The summed E-state index contributed by atoms with van der Waals surface area (Å²) in [4.78, 5) is 0. The molecule has 4 aromatic rings. The zero-order valence-corrected chi connectivity index (χ0v) is 14.7. The third-order valence-electron chi connectivity index (χ3n) is 4.97. The second kappa shape index (κ2) is 7.93. The van der Waals surface area contributed by atoms with E-state index in [-0.39, 0.29) is 13.2 Å². The largest absolute Gasteiger partial charge is 0.191 e. The summed E-state index contributed by atoms with van der Waals surface area (Å²) in [5.74, 6) is 0. The van der Waals surface area contributed by atoms with Crippen molar-refractivity contribution >= 4 is 35.1 Å². The molecule has 0 spiro atoms. The molecular formula is C24H20B2. The molecule has 0 N–H and O–H groups in total. The van der Waals surface area contributed by atoms with Crippen molar-refractivity contribution < 1.29 is 0 Å². The first-order chi connectivity index (χ1) is 12.9. The van der Waals surface area contributed by atoms with Crippen LogP contribution in [0.15, 0.2) is 121 Å². The van der Waals surface area contributed by atoms with Crippen LogP contribution in [0.25, 0.3) is 0 Å². The third-order valence-corrected chi connectivity index (χ3v) is 4.97. The van der Waals surface area contributed by atoms with Gasteiger partial charge in [-0.05, 0) is 0 Å². The molecule has 0 nitrogen and oxygen atoms in total. The van der Waals surface area contributed by atoms with Crippen molar-refractivity contribution in [1.29, 1.82) is 0 Å². The van der Waals surface area contributed by atoms with Crippen LogP contribution in [-0.4, -0.2) is 13.2 Å². The number of hydrogen-bond donors (Lipinski definition) is 0. The van der Waals surface area contributed by atoms with E-state index in [0.29, 0.717) is 0 Å². The lowest BCUT2D eigenvalue weighted by Crippen LogP contribution is -2.65. The summed E-state index contributed by atoms with van der Waals surface area (Å²) in [6.45, 7) is 0.532. The van der Waals surface area contributed by atoms with Gasteiger partial charge in [-0.1, -0.05) is 143 Å². The Kier molecular flexibility index (Phi) is 5.02. The van der Waals surface area contributed by atoms with E-state index in [4.69, 9.17) is 0 Å². The molecule has 0 aromatic heterocycles. The number of benzene rings is 4. The van der Waals surface area contributed by atoms with Crippen molar-refractivity contribution in [3.05, 3.63) is 121 Å². The van der Waals surface area contributed by atoms with Crippen molar-refractivity contribution in [3.8, 4) is 0 Å². The van der Waals surface area contributed by atoms with Gasteiger partial charge in [0.25, 0.3) is 0 Å². The zero-order chi connectivity index (χ0) is 17.6. The Morgan fingerprint density at radius 2 is 0.462 bits per heavy atom. The lowest BCUT2D eigenvalue weighted by molar-refractivity contribution is 1.72. The third kappa shape index (κ3) is 3.50. The fourth-order valence-corrected chi connectivity index (χ4v) is 3.80. The van der Waals surface area contributed by atoms with Gasteiger partial charge in [0.2, 0.25) is 0 Å². The minimum atomic E-state index is 0.266. The lowest BCUT2D eigenvalue weighted by atomic mass is 9.02. The van der Waals surface area contributed by atoms with Crippen LogP contribution < -0.4 is 21.9 Å². The van der Waals surface area contributed by atoms with E-state index in [2.05, 4.69) is 121 Å². The van der Waals surface area contributed by atoms with E-state index >= 15 is 0 Å². The summed E-state index contributed by atoms with van der Waals surface area (Å²) in [7, 11) is 0. The van der Waals surface area contributed by atoms with Gasteiger partial charge in [0.05, 0.1) is 0 Å². The maximum Gasteiger partial charge on any atom is 0.191 e. The quantitative estimate of drug-likeness (QED) is 0.494. The summed E-state index contributed by atoms with van der Waals surface area (Å²) in [5, 5.41) is 0. The molecule has 0 fully saturated rings. The van der Waals surface area contributed by atoms with Gasteiger partial charge < -0.3 is 0 Å². The Balaban J connectivity index is 1.93. The molecule has 0 atom stereocenters. The van der Waals surface area contributed by atoms with E-state index in [0.717, 1.165) is 0 Å². The predicted molar refractivity (Wildman–Crippen MR) is 116 cm³/mol. The van der Waals surface area contributed by atoms with E-state index in [9.17, 15) is 0 Å². The molecule has 0 aliphatic rings. The molecule has 0 unspecified atom stereocenters.